The number of rotatable bonds is 5. The summed E-state index contributed by atoms with van der Waals surface area (Å²) in [6.07, 6.45) is 1.40. The van der Waals surface area contributed by atoms with Crippen LogP contribution in [0, 0.1) is 11.8 Å². The van der Waals surface area contributed by atoms with E-state index in [4.69, 9.17) is 16.3 Å². The van der Waals surface area contributed by atoms with Gasteiger partial charge in [0.2, 0.25) is 0 Å². The highest BCUT2D eigenvalue weighted by Gasteiger charge is 2.08. The van der Waals surface area contributed by atoms with Gasteiger partial charge >= 0.3 is 5.91 Å². The fraction of sp³-hybridized carbons (Fsp3) is 0.0417. The fourth-order valence-electron chi connectivity index (χ4n) is 2.58. The fourth-order valence-corrected chi connectivity index (χ4v) is 2.76. The average molecular weight is 448 g/mol. The second-order valence-corrected chi connectivity index (χ2v) is 6.80. The molecule has 0 aromatic heterocycles. The zero-order valence-corrected chi connectivity index (χ0v) is 17.7. The predicted octanol–water partition coefficient (Wildman–Crippen LogP) is 3.81. The Morgan fingerprint density at radius 3 is 2.59 bits per heavy atom. The number of carbonyl (C=O) groups is 2. The van der Waals surface area contributed by atoms with Crippen LogP contribution in [-0.2, 0) is 4.79 Å². The van der Waals surface area contributed by atoms with Crippen molar-refractivity contribution in [2.45, 2.75) is 0 Å². The third kappa shape index (κ3) is 6.11. The van der Waals surface area contributed by atoms with Gasteiger partial charge < -0.3 is 15.2 Å². The lowest BCUT2D eigenvalue weighted by molar-refractivity contribution is -0.111. The van der Waals surface area contributed by atoms with Gasteiger partial charge in [-0.25, -0.2) is 5.43 Å². The van der Waals surface area contributed by atoms with E-state index in [0.29, 0.717) is 17.0 Å². The zero-order chi connectivity index (χ0) is 22.9. The molecule has 0 saturated carbocycles. The number of hydrogen-bond donors (Lipinski definition) is 3. The lowest BCUT2D eigenvalue weighted by atomic mass is 10.2. The van der Waals surface area contributed by atoms with Gasteiger partial charge in [0.1, 0.15) is 11.5 Å². The van der Waals surface area contributed by atoms with Crippen LogP contribution >= 0.6 is 11.6 Å². The van der Waals surface area contributed by atoms with Crippen molar-refractivity contribution in [3.05, 3.63) is 88.4 Å². The number of ether oxygens (including phenoxy) is 1. The molecule has 0 unspecified atom stereocenters. The van der Waals surface area contributed by atoms with Crippen LogP contribution in [0.25, 0.3) is 0 Å². The number of phenols is 1. The van der Waals surface area contributed by atoms with Gasteiger partial charge in [0.15, 0.2) is 0 Å². The Labute approximate surface area is 189 Å². The highest BCUT2D eigenvalue weighted by atomic mass is 35.5. The summed E-state index contributed by atoms with van der Waals surface area (Å²) in [4.78, 5) is 24.2. The Morgan fingerprint density at radius 1 is 1.09 bits per heavy atom. The van der Waals surface area contributed by atoms with E-state index in [-0.39, 0.29) is 16.3 Å². The van der Waals surface area contributed by atoms with Crippen LogP contribution in [0.3, 0.4) is 0 Å². The second kappa shape index (κ2) is 10.7. The number of hydrazone groups is 1. The number of phenolic OH excluding ortho intramolecular Hbond substituents is 1. The first-order valence-electron chi connectivity index (χ1n) is 9.34. The van der Waals surface area contributed by atoms with Gasteiger partial charge in [-0.1, -0.05) is 35.7 Å². The van der Waals surface area contributed by atoms with Gasteiger partial charge in [0, 0.05) is 34.4 Å². The number of methoxy groups -OCH3 is 1. The molecular formula is C24H18ClN3O4. The van der Waals surface area contributed by atoms with Crippen LogP contribution in [0.15, 0.2) is 71.8 Å². The van der Waals surface area contributed by atoms with Crippen LogP contribution in [-0.4, -0.2) is 30.2 Å². The van der Waals surface area contributed by atoms with Crippen molar-refractivity contribution >= 4 is 35.3 Å². The molecule has 3 aromatic carbocycles. The number of carbonyl (C=O) groups excluding carboxylic acids is 2. The van der Waals surface area contributed by atoms with Crippen molar-refractivity contribution in [1.82, 2.24) is 5.43 Å². The molecular weight excluding hydrogens is 430 g/mol. The first-order chi connectivity index (χ1) is 15.5. The van der Waals surface area contributed by atoms with Crippen molar-refractivity contribution < 1.29 is 19.4 Å². The standard InChI is InChI=1S/C24H18ClN3O4/c1-32-22-14-19(27-23(30)12-7-16-5-3-2-4-6-16)10-8-18(22)15-26-28-24(31)17-9-11-21(29)20(25)13-17/h2-6,8-11,13-15,29H,1H3,(H,27,30)(H,28,31). The van der Waals surface area contributed by atoms with Crippen LogP contribution in [0.2, 0.25) is 5.02 Å². The molecule has 0 atom stereocenters. The van der Waals surface area contributed by atoms with E-state index in [0.717, 1.165) is 5.56 Å². The molecule has 3 aromatic rings. The molecule has 160 valence electrons. The number of halogens is 1. The molecule has 7 nitrogen and oxygen atoms in total. The van der Waals surface area contributed by atoms with E-state index < -0.39 is 11.8 Å². The van der Waals surface area contributed by atoms with Gasteiger partial charge in [-0.15, -0.1) is 0 Å². The maximum absolute atomic E-state index is 12.1. The molecule has 0 radical (unpaired) electrons. The monoisotopic (exact) mass is 447 g/mol. The minimum absolute atomic E-state index is 0.0643. The summed E-state index contributed by atoms with van der Waals surface area (Å²) in [7, 11) is 1.48. The summed E-state index contributed by atoms with van der Waals surface area (Å²) in [6, 6.07) is 18.2. The van der Waals surface area contributed by atoms with Gasteiger partial charge in [0.25, 0.3) is 5.91 Å². The van der Waals surface area contributed by atoms with Crippen LogP contribution < -0.4 is 15.5 Å². The zero-order valence-electron chi connectivity index (χ0n) is 16.9. The Bertz CT molecular complexity index is 1230. The first kappa shape index (κ1) is 22.4. The van der Waals surface area contributed by atoms with Crippen molar-refractivity contribution in [2.75, 3.05) is 12.4 Å². The third-order valence-electron chi connectivity index (χ3n) is 4.17. The predicted molar refractivity (Wildman–Crippen MR) is 123 cm³/mol. The molecule has 2 amide bonds. The first-order valence-corrected chi connectivity index (χ1v) is 9.72. The molecule has 0 aliphatic rings. The molecule has 0 heterocycles. The highest BCUT2D eigenvalue weighted by Crippen LogP contribution is 2.24. The highest BCUT2D eigenvalue weighted by molar-refractivity contribution is 6.32. The molecule has 0 saturated heterocycles. The minimum Gasteiger partial charge on any atom is -0.506 e. The summed E-state index contributed by atoms with van der Waals surface area (Å²) in [5.74, 6) is 4.68. The van der Waals surface area contributed by atoms with Crippen molar-refractivity contribution in [3.63, 3.8) is 0 Å². The number of nitrogens with one attached hydrogen (secondary N) is 2. The normalized spacial score (nSPS) is 10.2. The Kier molecular flexibility index (Phi) is 7.46. The summed E-state index contributed by atoms with van der Waals surface area (Å²) in [5, 5.41) is 16.1. The van der Waals surface area contributed by atoms with Gasteiger partial charge in [-0.2, -0.15) is 5.10 Å². The number of aromatic hydroxyl groups is 1. The molecule has 3 rings (SSSR count). The average Bonchev–Trinajstić information content (AvgIpc) is 2.80. The van der Waals surface area contributed by atoms with Crippen molar-refractivity contribution in [1.29, 1.82) is 0 Å². The lowest BCUT2D eigenvalue weighted by Gasteiger charge is -2.08. The maximum Gasteiger partial charge on any atom is 0.300 e. The molecule has 8 heteroatoms. The molecule has 0 bridgehead atoms. The van der Waals surface area contributed by atoms with Crippen molar-refractivity contribution in [2.24, 2.45) is 5.10 Å². The van der Waals surface area contributed by atoms with Crippen molar-refractivity contribution in [3.8, 4) is 23.3 Å². The minimum atomic E-state index is -0.497. The number of benzene rings is 3. The van der Waals surface area contributed by atoms with E-state index in [2.05, 4.69) is 27.7 Å². The summed E-state index contributed by atoms with van der Waals surface area (Å²) in [5.41, 5.74) is 4.42. The van der Waals surface area contributed by atoms with Crippen LogP contribution in [0.4, 0.5) is 5.69 Å². The topological polar surface area (TPSA) is 100 Å². The second-order valence-electron chi connectivity index (χ2n) is 6.39. The maximum atomic E-state index is 12.1. The van der Waals surface area contributed by atoms with Gasteiger partial charge in [-0.05, 0) is 42.5 Å². The Balaban J connectivity index is 1.64. The van der Waals surface area contributed by atoms with Crippen LogP contribution in [0.1, 0.15) is 21.5 Å². The van der Waals surface area contributed by atoms with E-state index >= 15 is 0 Å². The number of anilines is 1. The number of nitrogens with zero attached hydrogens (tertiary/aromatic N) is 1. The van der Waals surface area contributed by atoms with Crippen LogP contribution in [0.5, 0.6) is 11.5 Å². The third-order valence-corrected chi connectivity index (χ3v) is 4.47. The van der Waals surface area contributed by atoms with E-state index in [1.165, 1.54) is 31.5 Å². The van der Waals surface area contributed by atoms with E-state index in [9.17, 15) is 14.7 Å². The summed E-state index contributed by atoms with van der Waals surface area (Å²) < 4.78 is 5.33. The van der Waals surface area contributed by atoms with E-state index in [1.807, 2.05) is 30.3 Å². The molecule has 0 aliphatic carbocycles. The molecule has 32 heavy (non-hydrogen) atoms. The molecule has 3 N–H and O–H groups in total. The number of hydrogen-bond acceptors (Lipinski definition) is 5. The van der Waals surface area contributed by atoms with Gasteiger partial charge in [-0.3, -0.25) is 9.59 Å². The molecule has 0 aliphatic heterocycles. The SMILES string of the molecule is COc1cc(NC(=O)C#Cc2ccccc2)ccc1C=NNC(=O)c1ccc(O)c(Cl)c1. The summed E-state index contributed by atoms with van der Waals surface area (Å²) in [6.45, 7) is 0. The largest absolute Gasteiger partial charge is 0.506 e. The lowest BCUT2D eigenvalue weighted by Crippen LogP contribution is -2.17. The van der Waals surface area contributed by atoms with Gasteiger partial charge in [0.05, 0.1) is 18.3 Å². The van der Waals surface area contributed by atoms with E-state index in [1.54, 1.807) is 18.2 Å². The Hall–Kier alpha value is -4.28. The smallest absolute Gasteiger partial charge is 0.300 e. The Morgan fingerprint density at radius 2 is 1.88 bits per heavy atom. The molecule has 0 spiro atoms. The number of amides is 2. The quantitative estimate of drug-likeness (QED) is 0.314. The summed E-state index contributed by atoms with van der Waals surface area (Å²) >= 11 is 5.81. The molecule has 0 fully saturated rings.